The van der Waals surface area contributed by atoms with Gasteiger partial charge in [-0.1, -0.05) is 71.4 Å². The first-order valence-corrected chi connectivity index (χ1v) is 9.31. The molecule has 1 heterocycles. The van der Waals surface area contributed by atoms with E-state index in [1.54, 1.807) is 11.8 Å². The molecule has 25 heavy (non-hydrogen) atoms. The van der Waals surface area contributed by atoms with E-state index in [-0.39, 0.29) is 0 Å². The molecule has 0 saturated heterocycles. The van der Waals surface area contributed by atoms with Gasteiger partial charge in [0.05, 0.1) is 5.69 Å². The van der Waals surface area contributed by atoms with Crippen LogP contribution in [-0.2, 0) is 5.75 Å². The van der Waals surface area contributed by atoms with Crippen molar-refractivity contribution in [1.82, 2.24) is 9.97 Å². The summed E-state index contributed by atoms with van der Waals surface area (Å²) in [6.07, 6.45) is 0. The SMILES string of the molecule is Cc1ccc(CSc2nc(-c3ccc(C)cc3)cc(N(C)C)n2)cc1. The quantitative estimate of drug-likeness (QED) is 0.472. The van der Waals surface area contributed by atoms with Gasteiger partial charge in [0.2, 0.25) is 0 Å². The summed E-state index contributed by atoms with van der Waals surface area (Å²) in [5, 5.41) is 0.808. The van der Waals surface area contributed by atoms with Crippen molar-refractivity contribution in [1.29, 1.82) is 0 Å². The van der Waals surface area contributed by atoms with Gasteiger partial charge in [-0.3, -0.25) is 0 Å². The highest BCUT2D eigenvalue weighted by Gasteiger charge is 2.09. The maximum atomic E-state index is 4.77. The Morgan fingerprint density at radius 3 is 2.04 bits per heavy atom. The molecule has 3 nitrogen and oxygen atoms in total. The van der Waals surface area contributed by atoms with Crippen LogP contribution < -0.4 is 4.90 Å². The molecule has 0 N–H and O–H groups in total. The number of rotatable bonds is 5. The molecule has 0 aliphatic carbocycles. The Bertz CT molecular complexity index is 840. The van der Waals surface area contributed by atoms with Gasteiger partial charge in [-0.05, 0) is 19.4 Å². The first-order valence-electron chi connectivity index (χ1n) is 8.33. The number of aromatic nitrogens is 2. The number of nitrogens with zero attached hydrogens (tertiary/aromatic N) is 3. The molecule has 0 saturated carbocycles. The lowest BCUT2D eigenvalue weighted by Crippen LogP contribution is -2.11. The highest BCUT2D eigenvalue weighted by atomic mass is 32.2. The van der Waals surface area contributed by atoms with E-state index in [4.69, 9.17) is 4.98 Å². The molecule has 2 aromatic carbocycles. The van der Waals surface area contributed by atoms with Gasteiger partial charge in [0.1, 0.15) is 5.82 Å². The minimum absolute atomic E-state index is 0.808. The standard InChI is InChI=1S/C21H23N3S/c1-15-5-9-17(10-6-15)14-25-21-22-19(13-20(23-21)24(3)4)18-11-7-16(2)8-12-18/h5-13H,14H2,1-4H3. The van der Waals surface area contributed by atoms with Gasteiger partial charge in [-0.25, -0.2) is 9.97 Å². The molecule has 0 aliphatic rings. The van der Waals surface area contributed by atoms with Crippen LogP contribution >= 0.6 is 11.8 Å². The van der Waals surface area contributed by atoms with Crippen molar-refractivity contribution in [3.8, 4) is 11.3 Å². The molecule has 3 aromatic rings. The van der Waals surface area contributed by atoms with Crippen molar-refractivity contribution >= 4 is 17.6 Å². The Hall–Kier alpha value is -2.33. The van der Waals surface area contributed by atoms with Gasteiger partial charge < -0.3 is 4.90 Å². The summed E-state index contributed by atoms with van der Waals surface area (Å²) < 4.78 is 0. The van der Waals surface area contributed by atoms with Gasteiger partial charge in [0, 0.05) is 31.5 Å². The topological polar surface area (TPSA) is 29.0 Å². The Morgan fingerprint density at radius 2 is 1.44 bits per heavy atom. The Kier molecular flexibility index (Phi) is 5.39. The summed E-state index contributed by atoms with van der Waals surface area (Å²) in [5.74, 6) is 1.79. The van der Waals surface area contributed by atoms with Crippen LogP contribution in [0.2, 0.25) is 0 Å². The minimum Gasteiger partial charge on any atom is -0.363 e. The van der Waals surface area contributed by atoms with E-state index in [0.717, 1.165) is 28.0 Å². The van der Waals surface area contributed by atoms with Crippen molar-refractivity contribution < 1.29 is 0 Å². The van der Waals surface area contributed by atoms with E-state index >= 15 is 0 Å². The second-order valence-electron chi connectivity index (χ2n) is 6.43. The molecule has 4 heteroatoms. The second kappa shape index (κ2) is 7.70. The predicted molar refractivity (Wildman–Crippen MR) is 107 cm³/mol. The number of benzene rings is 2. The molecule has 0 spiro atoms. The molecule has 3 rings (SSSR count). The molecule has 128 valence electrons. The molecular weight excluding hydrogens is 326 g/mol. The lowest BCUT2D eigenvalue weighted by atomic mass is 10.1. The lowest BCUT2D eigenvalue weighted by molar-refractivity contribution is 0.932. The van der Waals surface area contributed by atoms with Crippen LogP contribution in [0.15, 0.2) is 59.8 Å². The fourth-order valence-corrected chi connectivity index (χ4v) is 3.22. The van der Waals surface area contributed by atoms with Crippen LogP contribution in [0.4, 0.5) is 5.82 Å². The molecule has 0 fully saturated rings. The average molecular weight is 350 g/mol. The van der Waals surface area contributed by atoms with E-state index < -0.39 is 0 Å². The molecular formula is C21H23N3S. The first kappa shape index (κ1) is 17.5. The third-order valence-corrected chi connectivity index (χ3v) is 4.90. The average Bonchev–Trinajstić information content (AvgIpc) is 2.61. The van der Waals surface area contributed by atoms with Crippen LogP contribution in [0.3, 0.4) is 0 Å². The molecule has 1 aromatic heterocycles. The van der Waals surface area contributed by atoms with Gasteiger partial charge in [0.15, 0.2) is 5.16 Å². The Morgan fingerprint density at radius 1 is 0.840 bits per heavy atom. The van der Waals surface area contributed by atoms with Crippen LogP contribution in [0.1, 0.15) is 16.7 Å². The summed E-state index contributed by atoms with van der Waals surface area (Å²) in [7, 11) is 4.02. The summed E-state index contributed by atoms with van der Waals surface area (Å²) >= 11 is 1.67. The van der Waals surface area contributed by atoms with Gasteiger partial charge in [-0.2, -0.15) is 0 Å². The molecule has 0 aliphatic heterocycles. The molecule has 0 unspecified atom stereocenters. The van der Waals surface area contributed by atoms with E-state index in [1.807, 2.05) is 25.1 Å². The number of anilines is 1. The van der Waals surface area contributed by atoms with Crippen molar-refractivity contribution in [3.63, 3.8) is 0 Å². The Labute approximate surface area is 154 Å². The van der Waals surface area contributed by atoms with Crippen molar-refractivity contribution in [2.75, 3.05) is 19.0 Å². The van der Waals surface area contributed by atoms with Crippen LogP contribution in [0, 0.1) is 13.8 Å². The summed E-state index contributed by atoms with van der Waals surface area (Å²) in [6, 6.07) is 19.1. The summed E-state index contributed by atoms with van der Waals surface area (Å²) in [4.78, 5) is 11.5. The van der Waals surface area contributed by atoms with Crippen LogP contribution in [0.25, 0.3) is 11.3 Å². The fraction of sp³-hybridized carbons (Fsp3) is 0.238. The normalized spacial score (nSPS) is 10.7. The van der Waals surface area contributed by atoms with Crippen LogP contribution in [0.5, 0.6) is 0 Å². The minimum atomic E-state index is 0.808. The van der Waals surface area contributed by atoms with E-state index in [2.05, 4.69) is 67.4 Å². The lowest BCUT2D eigenvalue weighted by Gasteiger charge is -2.14. The second-order valence-corrected chi connectivity index (χ2v) is 7.37. The van der Waals surface area contributed by atoms with Gasteiger partial charge in [0.25, 0.3) is 0 Å². The van der Waals surface area contributed by atoms with Crippen molar-refractivity contribution in [2.24, 2.45) is 0 Å². The number of hydrogen-bond donors (Lipinski definition) is 0. The fourth-order valence-electron chi connectivity index (χ4n) is 2.41. The molecule has 0 amide bonds. The predicted octanol–water partition coefficient (Wildman–Crippen LogP) is 5.12. The maximum absolute atomic E-state index is 4.77. The zero-order chi connectivity index (χ0) is 17.8. The summed E-state index contributed by atoms with van der Waals surface area (Å²) in [5.41, 5.74) is 5.89. The number of aryl methyl sites for hydroxylation is 2. The third kappa shape index (κ3) is 4.60. The van der Waals surface area contributed by atoms with Gasteiger partial charge in [-0.15, -0.1) is 0 Å². The van der Waals surface area contributed by atoms with Crippen molar-refractivity contribution in [2.45, 2.75) is 24.8 Å². The highest BCUT2D eigenvalue weighted by molar-refractivity contribution is 7.98. The third-order valence-electron chi connectivity index (χ3n) is 3.99. The van der Waals surface area contributed by atoms with E-state index in [9.17, 15) is 0 Å². The molecule has 0 bridgehead atoms. The monoisotopic (exact) mass is 349 g/mol. The van der Waals surface area contributed by atoms with Crippen LogP contribution in [-0.4, -0.2) is 24.1 Å². The smallest absolute Gasteiger partial charge is 0.190 e. The van der Waals surface area contributed by atoms with E-state index in [1.165, 1.54) is 16.7 Å². The first-order chi connectivity index (χ1) is 12.0. The largest absolute Gasteiger partial charge is 0.363 e. The Balaban J connectivity index is 1.87. The van der Waals surface area contributed by atoms with Gasteiger partial charge >= 0.3 is 0 Å². The van der Waals surface area contributed by atoms with Crippen molar-refractivity contribution in [3.05, 3.63) is 71.3 Å². The molecule has 0 atom stereocenters. The molecule has 0 radical (unpaired) electrons. The zero-order valence-electron chi connectivity index (χ0n) is 15.2. The van der Waals surface area contributed by atoms with E-state index in [0.29, 0.717) is 0 Å². The zero-order valence-corrected chi connectivity index (χ0v) is 16.0. The highest BCUT2D eigenvalue weighted by Crippen LogP contribution is 2.27. The number of hydrogen-bond acceptors (Lipinski definition) is 4. The number of thioether (sulfide) groups is 1. The maximum Gasteiger partial charge on any atom is 0.190 e. The summed E-state index contributed by atoms with van der Waals surface area (Å²) in [6.45, 7) is 4.20.